The van der Waals surface area contributed by atoms with Crippen molar-refractivity contribution in [3.63, 3.8) is 0 Å². The second-order valence-corrected chi connectivity index (χ2v) is 6.85. The van der Waals surface area contributed by atoms with Crippen LogP contribution < -0.4 is 10.7 Å². The Bertz CT molecular complexity index is 797. The van der Waals surface area contributed by atoms with E-state index in [0.29, 0.717) is 0 Å². The highest BCUT2D eigenvalue weighted by atomic mass is 35.5. The van der Waals surface area contributed by atoms with Gasteiger partial charge in [0.15, 0.2) is 5.66 Å². The van der Waals surface area contributed by atoms with Gasteiger partial charge < -0.3 is 5.32 Å². The molecule has 128 valence electrons. The van der Waals surface area contributed by atoms with Gasteiger partial charge in [0.2, 0.25) is 0 Å². The van der Waals surface area contributed by atoms with Gasteiger partial charge in [0.1, 0.15) is 0 Å². The molecule has 5 heteroatoms. The summed E-state index contributed by atoms with van der Waals surface area (Å²) in [5, 5.41) is 8.61. The molecule has 25 heavy (non-hydrogen) atoms. The third kappa shape index (κ3) is 3.15. The van der Waals surface area contributed by atoms with Crippen LogP contribution in [0.4, 0.5) is 5.69 Å². The van der Waals surface area contributed by atoms with E-state index >= 15 is 0 Å². The van der Waals surface area contributed by atoms with E-state index in [-0.39, 0.29) is 0 Å². The van der Waals surface area contributed by atoms with Crippen molar-refractivity contribution in [3.05, 3.63) is 77.0 Å². The lowest BCUT2D eigenvalue weighted by Crippen LogP contribution is -2.53. The minimum atomic E-state index is -0.451. The molecule has 2 aromatic carbocycles. The van der Waals surface area contributed by atoms with E-state index in [1.54, 1.807) is 0 Å². The van der Waals surface area contributed by atoms with Crippen molar-refractivity contribution in [2.75, 3.05) is 18.4 Å². The highest BCUT2D eigenvalue weighted by Gasteiger charge is 2.40. The fourth-order valence-electron chi connectivity index (χ4n) is 3.57. The third-order valence-electron chi connectivity index (χ3n) is 4.81. The molecule has 1 unspecified atom stereocenters. The number of likely N-dealkylation sites (tertiary alicyclic amines) is 1. The summed E-state index contributed by atoms with van der Waals surface area (Å²) >= 11 is 6.19. The maximum atomic E-state index is 6.19. The summed E-state index contributed by atoms with van der Waals surface area (Å²) in [6, 6.07) is 16.1. The number of fused-ring (bicyclic) bond motifs is 1. The summed E-state index contributed by atoms with van der Waals surface area (Å²) in [4.78, 5) is 2.44. The van der Waals surface area contributed by atoms with Crippen molar-refractivity contribution in [2.24, 2.45) is 5.10 Å². The molecule has 1 atom stereocenters. The quantitative estimate of drug-likeness (QED) is 0.641. The molecule has 2 N–H and O–H groups in total. The second-order valence-electron chi connectivity index (χ2n) is 6.41. The number of nitrogens with zero attached hydrogens (tertiary/aromatic N) is 2. The van der Waals surface area contributed by atoms with E-state index in [4.69, 9.17) is 11.6 Å². The van der Waals surface area contributed by atoms with Gasteiger partial charge in [-0.15, -0.1) is 0 Å². The fourth-order valence-corrected chi connectivity index (χ4v) is 3.74. The number of rotatable bonds is 4. The molecule has 0 radical (unpaired) electrons. The zero-order valence-corrected chi connectivity index (χ0v) is 14.7. The van der Waals surface area contributed by atoms with Gasteiger partial charge in [-0.3, -0.25) is 10.3 Å². The normalized spacial score (nSPS) is 22.8. The van der Waals surface area contributed by atoms with Crippen molar-refractivity contribution in [2.45, 2.75) is 18.5 Å². The maximum Gasteiger partial charge on any atom is 0.156 e. The zero-order chi connectivity index (χ0) is 17.1. The summed E-state index contributed by atoms with van der Waals surface area (Å²) in [5.41, 5.74) is 6.21. The third-order valence-corrected chi connectivity index (χ3v) is 5.04. The van der Waals surface area contributed by atoms with Gasteiger partial charge in [-0.05, 0) is 36.6 Å². The Morgan fingerprint density at radius 3 is 2.72 bits per heavy atom. The van der Waals surface area contributed by atoms with Crippen molar-refractivity contribution < 1.29 is 0 Å². The maximum absolute atomic E-state index is 6.19. The van der Waals surface area contributed by atoms with Crippen LogP contribution in [0.3, 0.4) is 0 Å². The number of hydrogen-bond donors (Lipinski definition) is 2. The lowest BCUT2D eigenvalue weighted by molar-refractivity contribution is 0.127. The number of benzene rings is 2. The first-order valence-electron chi connectivity index (χ1n) is 8.62. The average Bonchev–Trinajstić information content (AvgIpc) is 3.17. The van der Waals surface area contributed by atoms with Crippen molar-refractivity contribution in [1.82, 2.24) is 10.3 Å². The highest BCUT2D eigenvalue weighted by Crippen LogP contribution is 2.39. The molecule has 1 fully saturated rings. The molecule has 2 aliphatic heterocycles. The number of halogens is 1. The zero-order valence-electron chi connectivity index (χ0n) is 14.0. The molecule has 0 aromatic heterocycles. The first-order valence-corrected chi connectivity index (χ1v) is 9.00. The molecule has 4 rings (SSSR count). The van der Waals surface area contributed by atoms with Crippen molar-refractivity contribution in [3.8, 4) is 0 Å². The van der Waals surface area contributed by atoms with Crippen LogP contribution in [0.1, 0.15) is 24.0 Å². The van der Waals surface area contributed by atoms with Crippen molar-refractivity contribution in [1.29, 1.82) is 0 Å². The molecule has 0 amide bonds. The van der Waals surface area contributed by atoms with Gasteiger partial charge in [0, 0.05) is 35.6 Å². The van der Waals surface area contributed by atoms with E-state index in [1.807, 2.05) is 54.9 Å². The summed E-state index contributed by atoms with van der Waals surface area (Å²) in [7, 11) is 0. The van der Waals surface area contributed by atoms with Crippen LogP contribution >= 0.6 is 11.6 Å². The van der Waals surface area contributed by atoms with Crippen molar-refractivity contribution >= 4 is 23.5 Å². The molecule has 0 spiro atoms. The smallest absolute Gasteiger partial charge is 0.156 e. The van der Waals surface area contributed by atoms with Crippen LogP contribution in [0.25, 0.3) is 0 Å². The molecule has 0 aliphatic carbocycles. The highest BCUT2D eigenvalue weighted by molar-refractivity contribution is 6.30. The molecule has 0 saturated carbocycles. The average molecular weight is 353 g/mol. The van der Waals surface area contributed by atoms with E-state index in [2.05, 4.69) is 32.9 Å². The molecule has 0 bridgehead atoms. The number of anilines is 1. The van der Waals surface area contributed by atoms with E-state index in [1.165, 1.54) is 12.8 Å². The molecular formula is C20H21ClN4. The number of nitrogens with one attached hydrogen (secondary N) is 2. The van der Waals surface area contributed by atoms with Gasteiger partial charge in [-0.25, -0.2) is 0 Å². The molecule has 4 nitrogen and oxygen atoms in total. The summed E-state index contributed by atoms with van der Waals surface area (Å²) in [6.07, 6.45) is 8.40. The van der Waals surface area contributed by atoms with Crippen LogP contribution in [0.5, 0.6) is 0 Å². The Morgan fingerprint density at radius 1 is 1.12 bits per heavy atom. The van der Waals surface area contributed by atoms with E-state index < -0.39 is 5.66 Å². The fraction of sp³-hybridized carbons (Fsp3) is 0.250. The predicted octanol–water partition coefficient (Wildman–Crippen LogP) is 4.15. The Balaban J connectivity index is 1.70. The van der Waals surface area contributed by atoms with Crippen LogP contribution in [0, 0.1) is 0 Å². The Hall–Kier alpha value is -2.30. The van der Waals surface area contributed by atoms with Gasteiger partial charge in [-0.1, -0.05) is 48.0 Å². The lowest BCUT2D eigenvalue weighted by Gasteiger charge is -2.42. The second kappa shape index (κ2) is 6.90. The Labute approximate surface area is 153 Å². The van der Waals surface area contributed by atoms with Gasteiger partial charge in [-0.2, -0.15) is 5.10 Å². The first-order chi connectivity index (χ1) is 12.3. The van der Waals surface area contributed by atoms with Crippen LogP contribution in [0.2, 0.25) is 5.02 Å². The van der Waals surface area contributed by atoms with E-state index in [9.17, 15) is 0 Å². The molecule has 2 heterocycles. The molecule has 2 aromatic rings. The van der Waals surface area contributed by atoms with E-state index in [0.717, 1.165) is 34.9 Å². The van der Waals surface area contributed by atoms with Crippen LogP contribution in [-0.2, 0) is 5.66 Å². The topological polar surface area (TPSA) is 39.7 Å². The minimum absolute atomic E-state index is 0.451. The SMILES string of the molecule is Clc1ccc2c(c1)NC=CC2(N/N=C/c1ccccc1)N1CCCC1. The van der Waals surface area contributed by atoms with Gasteiger partial charge >= 0.3 is 0 Å². The lowest BCUT2D eigenvalue weighted by atomic mass is 9.93. The monoisotopic (exact) mass is 352 g/mol. The Kier molecular flexibility index (Phi) is 4.47. The van der Waals surface area contributed by atoms with Gasteiger partial charge in [0.05, 0.1) is 6.21 Å². The first kappa shape index (κ1) is 16.2. The largest absolute Gasteiger partial charge is 0.361 e. The minimum Gasteiger partial charge on any atom is -0.361 e. The molecule has 2 aliphatic rings. The van der Waals surface area contributed by atoms with Crippen LogP contribution in [0.15, 0.2) is 65.9 Å². The standard InChI is InChI=1S/C20H21ClN4/c21-17-8-9-18-19(14-17)22-11-10-20(18,25-12-4-5-13-25)24-23-15-16-6-2-1-3-7-16/h1-3,6-11,14-15,22,24H,4-5,12-13H2/b23-15+. The van der Waals surface area contributed by atoms with Crippen LogP contribution in [-0.4, -0.2) is 24.2 Å². The summed E-state index contributed by atoms with van der Waals surface area (Å²) in [6.45, 7) is 2.08. The molecular weight excluding hydrogens is 332 g/mol. The molecule has 1 saturated heterocycles. The summed E-state index contributed by atoms with van der Waals surface area (Å²) in [5.74, 6) is 0. The van der Waals surface area contributed by atoms with Gasteiger partial charge in [0.25, 0.3) is 0 Å². The predicted molar refractivity (Wildman–Crippen MR) is 104 cm³/mol. The number of hydrogen-bond acceptors (Lipinski definition) is 4. The number of hydrazone groups is 1. The Morgan fingerprint density at radius 2 is 1.92 bits per heavy atom. The summed E-state index contributed by atoms with van der Waals surface area (Å²) < 4.78 is 0.